The fraction of sp³-hybridized carbons (Fsp3) is 0.650. The number of hydrogen-bond acceptors (Lipinski definition) is 6. The van der Waals surface area contributed by atoms with Gasteiger partial charge in [-0.25, -0.2) is 0 Å². The molecule has 2 aliphatic carbocycles. The standard InChI is InChI=1S/C20H26N2O5/c1-22-8-7-19-16-11-3-4-13(23)17(16)27-18(19)12(21-10-15(24)25)5-6-20(19,26-2)14(22)9-11/h3-4,12,14,18,21,23H,5-10H2,1-2H3,(H,24,25)/t12?,14-,18?,19+,20-/m1/s1. The van der Waals surface area contributed by atoms with Crippen molar-refractivity contribution >= 4 is 5.97 Å². The van der Waals surface area contributed by atoms with Crippen molar-refractivity contribution in [2.45, 2.75) is 54.9 Å². The summed E-state index contributed by atoms with van der Waals surface area (Å²) in [5.41, 5.74) is 1.56. The Bertz CT molecular complexity index is 814. The minimum atomic E-state index is -0.875. The van der Waals surface area contributed by atoms with Gasteiger partial charge in [0.1, 0.15) is 6.10 Å². The number of piperidine rings is 1. The number of benzene rings is 1. The molecule has 1 saturated carbocycles. The third kappa shape index (κ3) is 1.94. The number of aliphatic carboxylic acids is 1. The third-order valence-electron chi connectivity index (χ3n) is 7.57. The Morgan fingerprint density at radius 3 is 3.00 bits per heavy atom. The Kier molecular flexibility index (Phi) is 3.58. The van der Waals surface area contributed by atoms with Gasteiger partial charge in [0.2, 0.25) is 0 Å². The smallest absolute Gasteiger partial charge is 0.317 e. The van der Waals surface area contributed by atoms with Crippen LogP contribution < -0.4 is 10.1 Å². The van der Waals surface area contributed by atoms with Crippen LogP contribution in [0.4, 0.5) is 0 Å². The summed E-state index contributed by atoms with van der Waals surface area (Å²) in [7, 11) is 3.95. The minimum Gasteiger partial charge on any atom is -0.504 e. The molecule has 0 aromatic heterocycles. The summed E-state index contributed by atoms with van der Waals surface area (Å²) < 4.78 is 12.8. The molecule has 5 atom stereocenters. The molecule has 7 nitrogen and oxygen atoms in total. The molecule has 1 spiro atoms. The van der Waals surface area contributed by atoms with E-state index in [4.69, 9.17) is 14.6 Å². The van der Waals surface area contributed by atoms with E-state index < -0.39 is 11.6 Å². The molecule has 27 heavy (non-hydrogen) atoms. The van der Waals surface area contributed by atoms with Gasteiger partial charge in [-0.2, -0.15) is 0 Å². The van der Waals surface area contributed by atoms with E-state index in [-0.39, 0.29) is 35.9 Å². The van der Waals surface area contributed by atoms with E-state index in [1.807, 2.05) is 6.07 Å². The van der Waals surface area contributed by atoms with Crippen molar-refractivity contribution in [3.63, 3.8) is 0 Å². The molecule has 3 N–H and O–H groups in total. The van der Waals surface area contributed by atoms with Crippen LogP contribution in [0.3, 0.4) is 0 Å². The van der Waals surface area contributed by atoms with Crippen molar-refractivity contribution in [3.05, 3.63) is 23.3 Å². The highest BCUT2D eigenvalue weighted by Crippen LogP contribution is 2.66. The first-order valence-electron chi connectivity index (χ1n) is 9.67. The fourth-order valence-electron chi connectivity index (χ4n) is 6.57. The molecule has 0 amide bonds. The molecule has 0 radical (unpaired) electrons. The maximum atomic E-state index is 11.1. The van der Waals surface area contributed by atoms with E-state index in [9.17, 15) is 9.90 Å². The molecule has 1 saturated heterocycles. The summed E-state index contributed by atoms with van der Waals surface area (Å²) in [6.45, 7) is 0.828. The van der Waals surface area contributed by atoms with E-state index in [0.29, 0.717) is 5.75 Å². The number of likely N-dealkylation sites (N-methyl/N-ethyl adjacent to an activating group) is 1. The molecular formula is C20H26N2O5. The molecule has 4 aliphatic rings. The number of hydrogen-bond donors (Lipinski definition) is 3. The van der Waals surface area contributed by atoms with E-state index in [1.165, 1.54) is 5.56 Å². The Labute approximate surface area is 158 Å². The second-order valence-corrected chi connectivity index (χ2v) is 8.42. The zero-order valence-corrected chi connectivity index (χ0v) is 15.7. The van der Waals surface area contributed by atoms with E-state index in [1.54, 1.807) is 13.2 Å². The number of nitrogens with zero attached hydrogens (tertiary/aromatic N) is 1. The van der Waals surface area contributed by atoms with Crippen molar-refractivity contribution in [2.24, 2.45) is 0 Å². The number of nitrogens with one attached hydrogen (secondary N) is 1. The molecule has 1 aromatic rings. The van der Waals surface area contributed by atoms with Crippen molar-refractivity contribution in [2.75, 3.05) is 27.2 Å². The maximum Gasteiger partial charge on any atom is 0.317 e. The summed E-state index contributed by atoms with van der Waals surface area (Å²) in [6, 6.07) is 3.89. The van der Waals surface area contributed by atoms with Crippen LogP contribution in [0, 0.1) is 0 Å². The summed E-state index contributed by atoms with van der Waals surface area (Å²) >= 11 is 0. The van der Waals surface area contributed by atoms with Crippen molar-refractivity contribution in [1.29, 1.82) is 0 Å². The average molecular weight is 374 g/mol. The van der Waals surface area contributed by atoms with Gasteiger partial charge in [-0.3, -0.25) is 4.79 Å². The molecule has 2 bridgehead atoms. The Balaban J connectivity index is 1.71. The first-order valence-corrected chi connectivity index (χ1v) is 9.67. The molecule has 2 aliphatic heterocycles. The quantitative estimate of drug-likeness (QED) is 0.720. The molecule has 5 rings (SSSR count). The molecule has 1 aromatic carbocycles. The first kappa shape index (κ1) is 17.3. The van der Waals surface area contributed by atoms with E-state index in [0.717, 1.165) is 37.8 Å². The van der Waals surface area contributed by atoms with Crippen LogP contribution in [0.15, 0.2) is 12.1 Å². The number of methoxy groups -OCH3 is 1. The Morgan fingerprint density at radius 2 is 2.26 bits per heavy atom. The molecule has 2 heterocycles. The molecule has 2 unspecified atom stereocenters. The number of carboxylic acid groups (broad SMARTS) is 1. The monoisotopic (exact) mass is 374 g/mol. The maximum absolute atomic E-state index is 11.1. The third-order valence-corrected chi connectivity index (χ3v) is 7.57. The first-order chi connectivity index (χ1) is 12.9. The zero-order valence-electron chi connectivity index (χ0n) is 15.7. The molecule has 2 fully saturated rings. The number of phenolic OH excluding ortho intramolecular Hbond substituents is 1. The van der Waals surface area contributed by atoms with E-state index >= 15 is 0 Å². The second-order valence-electron chi connectivity index (χ2n) is 8.42. The lowest BCUT2D eigenvalue weighted by Crippen LogP contribution is -2.78. The van der Waals surface area contributed by atoms with Crippen molar-refractivity contribution in [3.8, 4) is 11.5 Å². The number of phenols is 1. The highest BCUT2D eigenvalue weighted by molar-refractivity contribution is 5.69. The Morgan fingerprint density at radius 1 is 1.44 bits per heavy atom. The van der Waals surface area contributed by atoms with Gasteiger partial charge < -0.3 is 29.9 Å². The van der Waals surface area contributed by atoms with Crippen LogP contribution in [0.25, 0.3) is 0 Å². The zero-order chi connectivity index (χ0) is 19.0. The SMILES string of the molecule is CO[C@@]12CCC(NCC(=O)O)C3Oc4c(O)ccc5c4[C@@]31CCN(C)[C@@H]2C5. The van der Waals surface area contributed by atoms with Crippen LogP contribution in [0.5, 0.6) is 11.5 Å². The van der Waals surface area contributed by atoms with Gasteiger partial charge in [-0.05, 0) is 50.9 Å². The Hall–Kier alpha value is -1.83. The van der Waals surface area contributed by atoms with Crippen LogP contribution in [0.2, 0.25) is 0 Å². The molecule has 7 heteroatoms. The van der Waals surface area contributed by atoms with Crippen LogP contribution in [0.1, 0.15) is 30.4 Å². The highest BCUT2D eigenvalue weighted by Gasteiger charge is 2.73. The normalized spacial score (nSPS) is 39.0. The lowest BCUT2D eigenvalue weighted by molar-refractivity contribution is -0.203. The van der Waals surface area contributed by atoms with Gasteiger partial charge in [-0.1, -0.05) is 6.07 Å². The number of carbonyl (C=O) groups is 1. The van der Waals surface area contributed by atoms with Gasteiger partial charge in [0.15, 0.2) is 11.5 Å². The fourth-order valence-corrected chi connectivity index (χ4v) is 6.57. The number of carboxylic acids is 1. The van der Waals surface area contributed by atoms with Gasteiger partial charge in [0.05, 0.1) is 17.6 Å². The predicted molar refractivity (Wildman–Crippen MR) is 97.3 cm³/mol. The van der Waals surface area contributed by atoms with Crippen LogP contribution in [-0.2, 0) is 21.4 Å². The van der Waals surface area contributed by atoms with Gasteiger partial charge in [0, 0.05) is 24.8 Å². The predicted octanol–water partition coefficient (Wildman–Crippen LogP) is 0.873. The minimum absolute atomic E-state index is 0.0915. The second kappa shape index (κ2) is 5.59. The summed E-state index contributed by atoms with van der Waals surface area (Å²) in [4.78, 5) is 13.5. The van der Waals surface area contributed by atoms with Crippen LogP contribution in [-0.4, -0.2) is 72.1 Å². The van der Waals surface area contributed by atoms with Crippen molar-refractivity contribution in [1.82, 2.24) is 10.2 Å². The largest absolute Gasteiger partial charge is 0.504 e. The van der Waals surface area contributed by atoms with Gasteiger partial charge in [0.25, 0.3) is 0 Å². The van der Waals surface area contributed by atoms with Crippen LogP contribution >= 0.6 is 0 Å². The number of ether oxygens (including phenoxy) is 2. The summed E-state index contributed by atoms with van der Waals surface area (Å²) in [5, 5.41) is 22.9. The molecule has 146 valence electrons. The average Bonchev–Trinajstić information content (AvgIpc) is 3.01. The summed E-state index contributed by atoms with van der Waals surface area (Å²) in [6.07, 6.45) is 3.11. The van der Waals surface area contributed by atoms with E-state index in [2.05, 4.69) is 17.3 Å². The van der Waals surface area contributed by atoms with Crippen molar-refractivity contribution < 1.29 is 24.5 Å². The molecular weight excluding hydrogens is 348 g/mol. The van der Waals surface area contributed by atoms with Gasteiger partial charge in [-0.15, -0.1) is 0 Å². The topological polar surface area (TPSA) is 91.3 Å². The number of likely N-dealkylation sites (tertiary alicyclic amines) is 1. The lowest BCUT2D eigenvalue weighted by atomic mass is 9.48. The number of rotatable bonds is 4. The summed E-state index contributed by atoms with van der Waals surface area (Å²) in [5.74, 6) is -0.136. The highest BCUT2D eigenvalue weighted by atomic mass is 16.5. The van der Waals surface area contributed by atoms with Gasteiger partial charge >= 0.3 is 5.97 Å². The number of aromatic hydroxyl groups is 1. The lowest BCUT2D eigenvalue weighted by Gasteiger charge is -2.65.